The minimum Gasteiger partial charge on any atom is -0.283 e. The summed E-state index contributed by atoms with van der Waals surface area (Å²) in [6.45, 7) is 0. The number of nitrogens with two attached hydrogens (primary N) is 1. The number of nitrogens with zero attached hydrogens (tertiary/aromatic N) is 1. The van der Waals surface area contributed by atoms with Crippen molar-refractivity contribution in [1.29, 1.82) is 0 Å². The summed E-state index contributed by atoms with van der Waals surface area (Å²) in [5.41, 5.74) is 1.90. The van der Waals surface area contributed by atoms with Crippen molar-refractivity contribution < 1.29 is 4.79 Å². The van der Waals surface area contributed by atoms with Crippen LogP contribution in [0, 0.1) is 0 Å². The van der Waals surface area contributed by atoms with Crippen molar-refractivity contribution >= 4 is 5.91 Å². The highest BCUT2D eigenvalue weighted by Gasteiger charge is 2.24. The first-order valence-corrected chi connectivity index (χ1v) is 5.82. The van der Waals surface area contributed by atoms with Gasteiger partial charge in [0, 0.05) is 7.05 Å². The fourth-order valence-electron chi connectivity index (χ4n) is 1.97. The van der Waals surface area contributed by atoms with Crippen molar-refractivity contribution in [2.24, 2.45) is 5.84 Å². The Morgan fingerprint density at radius 3 is 1.67 bits per heavy atom. The van der Waals surface area contributed by atoms with E-state index in [2.05, 4.69) is 0 Å². The molecule has 1 amide bonds. The van der Waals surface area contributed by atoms with Gasteiger partial charge in [0.1, 0.15) is 0 Å². The largest absolute Gasteiger partial charge is 0.283 e. The van der Waals surface area contributed by atoms with Crippen LogP contribution in [0.4, 0.5) is 0 Å². The molecule has 0 atom stereocenters. The second kappa shape index (κ2) is 5.47. The van der Waals surface area contributed by atoms with E-state index in [0.717, 1.165) is 16.1 Å². The van der Waals surface area contributed by atoms with E-state index in [9.17, 15) is 4.79 Å². The highest BCUT2D eigenvalue weighted by molar-refractivity contribution is 5.86. The molecular formula is C15H16N2O. The summed E-state index contributed by atoms with van der Waals surface area (Å²) in [4.78, 5) is 12.2. The summed E-state index contributed by atoms with van der Waals surface area (Å²) >= 11 is 0. The average molecular weight is 240 g/mol. The lowest BCUT2D eigenvalue weighted by molar-refractivity contribution is -0.130. The lowest BCUT2D eigenvalue weighted by Crippen LogP contribution is -2.37. The Hall–Kier alpha value is -2.13. The topological polar surface area (TPSA) is 46.3 Å². The van der Waals surface area contributed by atoms with Crippen LogP contribution in [0.5, 0.6) is 0 Å². The predicted molar refractivity (Wildman–Crippen MR) is 71.7 cm³/mol. The molecule has 0 aliphatic heterocycles. The molecule has 0 aromatic heterocycles. The van der Waals surface area contributed by atoms with Crippen LogP contribution in [0.2, 0.25) is 0 Å². The summed E-state index contributed by atoms with van der Waals surface area (Å²) in [5, 5.41) is 1.14. The molecule has 0 aliphatic rings. The Balaban J connectivity index is 2.45. The molecule has 0 spiro atoms. The molecule has 2 rings (SSSR count). The van der Waals surface area contributed by atoms with Gasteiger partial charge in [-0.1, -0.05) is 60.7 Å². The second-order valence-electron chi connectivity index (χ2n) is 4.20. The van der Waals surface area contributed by atoms with Gasteiger partial charge in [-0.05, 0) is 11.1 Å². The monoisotopic (exact) mass is 240 g/mol. The average Bonchev–Trinajstić information content (AvgIpc) is 2.41. The van der Waals surface area contributed by atoms with Gasteiger partial charge in [-0.3, -0.25) is 9.80 Å². The maximum absolute atomic E-state index is 12.2. The molecule has 18 heavy (non-hydrogen) atoms. The number of amides is 1. The molecule has 0 heterocycles. The Morgan fingerprint density at radius 1 is 0.944 bits per heavy atom. The molecule has 2 N–H and O–H groups in total. The molecule has 2 aromatic carbocycles. The van der Waals surface area contributed by atoms with Gasteiger partial charge in [-0.2, -0.15) is 0 Å². The molecule has 0 aliphatic carbocycles. The summed E-state index contributed by atoms with van der Waals surface area (Å²) in [7, 11) is 1.57. The fraction of sp³-hybridized carbons (Fsp3) is 0.133. The van der Waals surface area contributed by atoms with Gasteiger partial charge in [0.15, 0.2) is 0 Å². The lowest BCUT2D eigenvalue weighted by Gasteiger charge is -2.20. The minimum absolute atomic E-state index is 0.118. The molecule has 92 valence electrons. The van der Waals surface area contributed by atoms with Gasteiger partial charge < -0.3 is 0 Å². The number of likely N-dealkylation sites (N-methyl/N-ethyl adjacent to an activating group) is 1. The van der Waals surface area contributed by atoms with Gasteiger partial charge in [-0.15, -0.1) is 0 Å². The molecule has 3 nitrogen and oxygen atoms in total. The molecule has 0 radical (unpaired) electrons. The highest BCUT2D eigenvalue weighted by Crippen LogP contribution is 2.25. The summed E-state index contributed by atoms with van der Waals surface area (Å²) in [6.07, 6.45) is 0. The zero-order valence-corrected chi connectivity index (χ0v) is 10.3. The van der Waals surface area contributed by atoms with E-state index in [0.29, 0.717) is 0 Å². The van der Waals surface area contributed by atoms with E-state index in [1.54, 1.807) is 7.05 Å². The van der Waals surface area contributed by atoms with Crippen LogP contribution in [0.1, 0.15) is 17.0 Å². The third-order valence-corrected chi connectivity index (χ3v) is 2.86. The quantitative estimate of drug-likeness (QED) is 0.507. The van der Waals surface area contributed by atoms with E-state index in [1.807, 2.05) is 60.7 Å². The van der Waals surface area contributed by atoms with Crippen molar-refractivity contribution in [3.05, 3.63) is 71.8 Å². The van der Waals surface area contributed by atoms with E-state index in [1.165, 1.54) is 0 Å². The van der Waals surface area contributed by atoms with E-state index >= 15 is 0 Å². The molecule has 0 saturated carbocycles. The number of hydrazine groups is 1. The van der Waals surface area contributed by atoms with Gasteiger partial charge in [0.25, 0.3) is 0 Å². The zero-order chi connectivity index (χ0) is 13.0. The van der Waals surface area contributed by atoms with Crippen LogP contribution in [0.15, 0.2) is 60.7 Å². The first kappa shape index (κ1) is 12.3. The van der Waals surface area contributed by atoms with E-state index in [-0.39, 0.29) is 11.8 Å². The van der Waals surface area contributed by atoms with Crippen LogP contribution in [-0.2, 0) is 4.79 Å². The standard InChI is InChI=1S/C15H16N2O/c1-17(16)15(18)14(12-8-4-2-5-9-12)13-10-6-3-7-11-13/h2-11,14H,16H2,1H3. The summed E-state index contributed by atoms with van der Waals surface area (Å²) < 4.78 is 0. The van der Waals surface area contributed by atoms with Gasteiger partial charge in [0.2, 0.25) is 5.91 Å². The maximum Gasteiger partial charge on any atom is 0.248 e. The molecule has 3 heteroatoms. The number of benzene rings is 2. The van der Waals surface area contributed by atoms with Crippen molar-refractivity contribution in [3.63, 3.8) is 0 Å². The van der Waals surface area contributed by atoms with Crippen molar-refractivity contribution in [3.8, 4) is 0 Å². The first-order chi connectivity index (χ1) is 8.70. The molecule has 0 bridgehead atoms. The molecule has 2 aromatic rings. The predicted octanol–water partition coefficient (Wildman–Crippen LogP) is 2.15. The number of hydrogen-bond acceptors (Lipinski definition) is 2. The number of rotatable bonds is 3. The number of carbonyl (C=O) groups excluding carboxylic acids is 1. The smallest absolute Gasteiger partial charge is 0.248 e. The number of hydrogen-bond donors (Lipinski definition) is 1. The van der Waals surface area contributed by atoms with Gasteiger partial charge in [0.05, 0.1) is 5.92 Å². The zero-order valence-electron chi connectivity index (χ0n) is 10.3. The molecule has 0 saturated heterocycles. The van der Waals surface area contributed by atoms with Crippen molar-refractivity contribution in [2.75, 3.05) is 7.05 Å². The van der Waals surface area contributed by atoms with Crippen molar-refractivity contribution in [1.82, 2.24) is 5.01 Å². The van der Waals surface area contributed by atoms with Crippen LogP contribution in [0.3, 0.4) is 0 Å². The Kier molecular flexibility index (Phi) is 3.75. The minimum atomic E-state index is -0.345. The number of carbonyl (C=O) groups is 1. The lowest BCUT2D eigenvalue weighted by atomic mass is 9.90. The first-order valence-electron chi connectivity index (χ1n) is 5.82. The fourth-order valence-corrected chi connectivity index (χ4v) is 1.97. The molecule has 0 unspecified atom stereocenters. The Labute approximate surface area is 107 Å². The van der Waals surface area contributed by atoms with E-state index in [4.69, 9.17) is 5.84 Å². The van der Waals surface area contributed by atoms with Crippen LogP contribution < -0.4 is 5.84 Å². The normalized spacial score (nSPS) is 10.4. The summed E-state index contributed by atoms with van der Waals surface area (Å²) in [5.74, 6) is 5.13. The van der Waals surface area contributed by atoms with Crippen LogP contribution in [0.25, 0.3) is 0 Å². The van der Waals surface area contributed by atoms with Gasteiger partial charge in [-0.25, -0.2) is 5.84 Å². The maximum atomic E-state index is 12.2. The second-order valence-corrected chi connectivity index (χ2v) is 4.20. The third kappa shape index (κ3) is 2.57. The summed E-state index contributed by atoms with van der Waals surface area (Å²) in [6, 6.07) is 19.3. The molecule has 0 fully saturated rings. The SMILES string of the molecule is CN(N)C(=O)C(c1ccccc1)c1ccccc1. The highest BCUT2D eigenvalue weighted by atomic mass is 16.2. The third-order valence-electron chi connectivity index (χ3n) is 2.86. The van der Waals surface area contributed by atoms with E-state index < -0.39 is 0 Å². The van der Waals surface area contributed by atoms with Crippen LogP contribution >= 0.6 is 0 Å². The van der Waals surface area contributed by atoms with Crippen LogP contribution in [-0.4, -0.2) is 18.0 Å². The molecular weight excluding hydrogens is 224 g/mol. The van der Waals surface area contributed by atoms with Gasteiger partial charge >= 0.3 is 0 Å². The Bertz CT molecular complexity index is 469. The Morgan fingerprint density at radius 2 is 1.33 bits per heavy atom. The van der Waals surface area contributed by atoms with Crippen molar-refractivity contribution in [2.45, 2.75) is 5.92 Å².